The van der Waals surface area contributed by atoms with Gasteiger partial charge in [0.1, 0.15) is 10.6 Å². The minimum atomic E-state index is -3.62. The van der Waals surface area contributed by atoms with Crippen molar-refractivity contribution in [2.24, 2.45) is 0 Å². The van der Waals surface area contributed by atoms with Gasteiger partial charge in [0.15, 0.2) is 0 Å². The van der Waals surface area contributed by atoms with Crippen molar-refractivity contribution in [3.63, 3.8) is 0 Å². The van der Waals surface area contributed by atoms with Crippen LogP contribution in [0.5, 0.6) is 0 Å². The number of carbonyl (C=O) groups excluding carboxylic acids is 3. The summed E-state index contributed by atoms with van der Waals surface area (Å²) in [6.07, 6.45) is 0. The summed E-state index contributed by atoms with van der Waals surface area (Å²) in [6.45, 7) is 3.47. The summed E-state index contributed by atoms with van der Waals surface area (Å²) in [6, 6.07) is 5.34. The van der Waals surface area contributed by atoms with Gasteiger partial charge in [0.25, 0.3) is 5.91 Å². The predicted molar refractivity (Wildman–Crippen MR) is 112 cm³/mol. The second-order valence-corrected chi connectivity index (χ2v) is 9.09. The summed E-state index contributed by atoms with van der Waals surface area (Å²) in [5.74, 6) is -2.04. The number of anilines is 1. The second-order valence-electron chi connectivity index (χ2n) is 6.06. The minimum absolute atomic E-state index is 0.00280. The molecule has 2 aromatic rings. The fourth-order valence-corrected chi connectivity index (χ4v) is 4.19. The van der Waals surface area contributed by atoms with E-state index in [0.717, 1.165) is 15.6 Å². The number of carbonyl (C=O) groups is 3. The topological polar surface area (TPSA) is 119 Å². The summed E-state index contributed by atoms with van der Waals surface area (Å²) in [4.78, 5) is 37.1. The molecule has 9 nitrogen and oxygen atoms in total. The highest BCUT2D eigenvalue weighted by Crippen LogP contribution is 2.30. The number of nitrogens with zero attached hydrogens (tertiary/aromatic N) is 1. The van der Waals surface area contributed by atoms with Crippen LogP contribution in [0.2, 0.25) is 0 Å². The van der Waals surface area contributed by atoms with Gasteiger partial charge in [-0.2, -0.15) is 0 Å². The van der Waals surface area contributed by atoms with Gasteiger partial charge in [0.05, 0.1) is 23.7 Å². The standard InChI is InChI=1S/C19H22N2O7S2/c1-5-27-18(23)14-11-29-17(15(14)19(24)28-6-2)20-16(22)12-7-9-13(10-8-12)30(25,26)21(3)4/h7-11H,5-6H2,1-4H3,(H,20,22). The number of amides is 1. The maximum absolute atomic E-state index is 12.6. The highest BCUT2D eigenvalue weighted by Gasteiger charge is 2.27. The van der Waals surface area contributed by atoms with Crippen LogP contribution in [0.4, 0.5) is 5.00 Å². The Bertz CT molecular complexity index is 1040. The number of sulfonamides is 1. The molecule has 0 bridgehead atoms. The molecule has 0 fully saturated rings. The predicted octanol–water partition coefficient (Wildman–Crippen LogP) is 2.60. The smallest absolute Gasteiger partial charge is 0.342 e. The molecule has 2 rings (SSSR count). The van der Waals surface area contributed by atoms with E-state index in [1.807, 2.05) is 0 Å². The molecule has 162 valence electrons. The van der Waals surface area contributed by atoms with Crippen molar-refractivity contribution < 1.29 is 32.3 Å². The summed E-state index contributed by atoms with van der Waals surface area (Å²) < 4.78 is 35.3. The molecule has 0 aliphatic carbocycles. The van der Waals surface area contributed by atoms with Crippen LogP contribution >= 0.6 is 11.3 Å². The molecule has 1 aromatic heterocycles. The number of benzene rings is 1. The molecule has 11 heteroatoms. The first-order valence-corrected chi connectivity index (χ1v) is 11.2. The summed E-state index contributed by atoms with van der Waals surface area (Å²) in [5.41, 5.74) is 0.0945. The lowest BCUT2D eigenvalue weighted by atomic mass is 10.1. The number of nitrogens with one attached hydrogen (secondary N) is 1. The first-order chi connectivity index (χ1) is 14.1. The van der Waals surface area contributed by atoms with E-state index in [2.05, 4.69) is 5.32 Å². The fourth-order valence-electron chi connectivity index (χ4n) is 2.38. The number of thiophene rings is 1. The molecule has 0 spiro atoms. The Morgan fingerprint density at radius 2 is 1.57 bits per heavy atom. The molecule has 0 unspecified atom stereocenters. The van der Waals surface area contributed by atoms with Crippen molar-refractivity contribution in [2.75, 3.05) is 32.6 Å². The van der Waals surface area contributed by atoms with Crippen LogP contribution < -0.4 is 5.32 Å². The number of esters is 2. The number of ether oxygens (including phenoxy) is 2. The molecule has 30 heavy (non-hydrogen) atoms. The van der Waals surface area contributed by atoms with Crippen LogP contribution in [0.3, 0.4) is 0 Å². The lowest BCUT2D eigenvalue weighted by Gasteiger charge is -2.12. The van der Waals surface area contributed by atoms with Gasteiger partial charge in [-0.15, -0.1) is 11.3 Å². The Hall–Kier alpha value is -2.76. The summed E-state index contributed by atoms with van der Waals surface area (Å²) >= 11 is 0.983. The molecule has 0 radical (unpaired) electrons. The molecule has 0 aliphatic rings. The minimum Gasteiger partial charge on any atom is -0.462 e. The van der Waals surface area contributed by atoms with Crippen LogP contribution in [-0.2, 0) is 19.5 Å². The van der Waals surface area contributed by atoms with Gasteiger partial charge >= 0.3 is 11.9 Å². The van der Waals surface area contributed by atoms with Gasteiger partial charge in [-0.3, -0.25) is 4.79 Å². The van der Waals surface area contributed by atoms with E-state index in [-0.39, 0.29) is 39.8 Å². The van der Waals surface area contributed by atoms with E-state index in [0.29, 0.717) is 0 Å². The number of rotatable bonds is 8. The van der Waals surface area contributed by atoms with Gasteiger partial charge in [-0.05, 0) is 38.1 Å². The number of hydrogen-bond donors (Lipinski definition) is 1. The number of hydrogen-bond acceptors (Lipinski definition) is 8. The maximum Gasteiger partial charge on any atom is 0.342 e. The van der Waals surface area contributed by atoms with E-state index < -0.39 is 27.9 Å². The van der Waals surface area contributed by atoms with Crippen molar-refractivity contribution in [3.8, 4) is 0 Å². The lowest BCUT2D eigenvalue weighted by molar-refractivity contribution is 0.0481. The monoisotopic (exact) mass is 454 g/mol. The van der Waals surface area contributed by atoms with E-state index in [4.69, 9.17) is 9.47 Å². The van der Waals surface area contributed by atoms with E-state index >= 15 is 0 Å². The average molecular weight is 455 g/mol. The summed E-state index contributed by atoms with van der Waals surface area (Å²) in [5, 5.41) is 4.12. The van der Waals surface area contributed by atoms with Gasteiger partial charge in [0.2, 0.25) is 10.0 Å². The highest BCUT2D eigenvalue weighted by atomic mass is 32.2. The Balaban J connectivity index is 2.32. The van der Waals surface area contributed by atoms with Crippen LogP contribution in [0.1, 0.15) is 44.9 Å². The Morgan fingerprint density at radius 1 is 1.00 bits per heavy atom. The van der Waals surface area contributed by atoms with E-state index in [9.17, 15) is 22.8 Å². The third-order valence-electron chi connectivity index (χ3n) is 3.89. The van der Waals surface area contributed by atoms with Gasteiger partial charge in [-0.1, -0.05) is 0 Å². The zero-order valence-corrected chi connectivity index (χ0v) is 18.6. The van der Waals surface area contributed by atoms with Crippen molar-refractivity contribution in [3.05, 3.63) is 46.3 Å². The maximum atomic E-state index is 12.6. The quantitative estimate of drug-likeness (QED) is 0.609. The molecular weight excluding hydrogens is 432 g/mol. The van der Waals surface area contributed by atoms with Gasteiger partial charge < -0.3 is 14.8 Å². The van der Waals surface area contributed by atoms with Crippen LogP contribution in [0, 0.1) is 0 Å². The van der Waals surface area contributed by atoms with E-state index in [1.54, 1.807) is 13.8 Å². The normalized spacial score (nSPS) is 11.2. The summed E-state index contributed by atoms with van der Waals surface area (Å²) in [7, 11) is -0.808. The van der Waals surface area contributed by atoms with Crippen molar-refractivity contribution in [1.29, 1.82) is 0 Å². The third kappa shape index (κ3) is 5.04. The molecule has 1 amide bonds. The zero-order chi connectivity index (χ0) is 22.5. The van der Waals surface area contributed by atoms with Crippen molar-refractivity contribution >= 4 is 44.2 Å². The van der Waals surface area contributed by atoms with Crippen LogP contribution in [-0.4, -0.2) is 57.9 Å². The molecule has 0 saturated carbocycles. The molecule has 0 saturated heterocycles. The molecule has 1 aromatic carbocycles. The first-order valence-electron chi connectivity index (χ1n) is 8.93. The SMILES string of the molecule is CCOC(=O)c1csc(NC(=O)c2ccc(S(=O)(=O)N(C)C)cc2)c1C(=O)OCC. The molecule has 0 atom stereocenters. The molecule has 0 aliphatic heterocycles. The Kier molecular flexibility index (Phi) is 7.71. The molecular formula is C19H22N2O7S2. The zero-order valence-electron chi connectivity index (χ0n) is 16.9. The molecule has 1 N–H and O–H groups in total. The highest BCUT2D eigenvalue weighted by molar-refractivity contribution is 7.89. The van der Waals surface area contributed by atoms with Crippen LogP contribution in [0.15, 0.2) is 34.5 Å². The van der Waals surface area contributed by atoms with E-state index in [1.165, 1.54) is 43.7 Å². The van der Waals surface area contributed by atoms with Crippen molar-refractivity contribution in [1.82, 2.24) is 4.31 Å². The van der Waals surface area contributed by atoms with Crippen LogP contribution in [0.25, 0.3) is 0 Å². The van der Waals surface area contributed by atoms with Gasteiger partial charge in [0, 0.05) is 25.0 Å². The largest absolute Gasteiger partial charge is 0.462 e. The van der Waals surface area contributed by atoms with Gasteiger partial charge in [-0.25, -0.2) is 22.3 Å². The average Bonchev–Trinajstić information content (AvgIpc) is 3.12. The Labute approximate surface area is 178 Å². The Morgan fingerprint density at radius 3 is 2.10 bits per heavy atom. The molecule has 1 heterocycles. The second kappa shape index (κ2) is 9.83. The first kappa shape index (κ1) is 23.5. The fraction of sp³-hybridized carbons (Fsp3) is 0.316. The lowest BCUT2D eigenvalue weighted by Crippen LogP contribution is -2.22. The third-order valence-corrected chi connectivity index (χ3v) is 6.61. The van der Waals surface area contributed by atoms with Crippen molar-refractivity contribution in [2.45, 2.75) is 18.7 Å².